The molecule has 0 aliphatic heterocycles. The van der Waals surface area contributed by atoms with E-state index in [9.17, 15) is 27.6 Å². The Balaban J connectivity index is 2.15. The van der Waals surface area contributed by atoms with Gasteiger partial charge < -0.3 is 14.2 Å². The molecule has 0 bridgehead atoms. The summed E-state index contributed by atoms with van der Waals surface area (Å²) in [6, 6.07) is 10.1. The molecule has 1 heterocycles. The van der Waals surface area contributed by atoms with Crippen LogP contribution in [0.15, 0.2) is 48.5 Å². The number of benzene rings is 2. The van der Waals surface area contributed by atoms with E-state index in [1.807, 2.05) is 0 Å². The Hall–Kier alpha value is -4.41. The molecular formula is C28H27F3N2O6. The van der Waals surface area contributed by atoms with E-state index in [1.54, 1.807) is 26.8 Å². The smallest absolute Gasteiger partial charge is 0.412 e. The molecule has 1 amide bonds. The van der Waals surface area contributed by atoms with Crippen LogP contribution in [0.2, 0.25) is 0 Å². The molecular weight excluding hydrogens is 517 g/mol. The van der Waals surface area contributed by atoms with Gasteiger partial charge in [0.25, 0.3) is 0 Å². The summed E-state index contributed by atoms with van der Waals surface area (Å²) in [5.41, 5.74) is -0.698. The third-order valence-electron chi connectivity index (χ3n) is 5.47. The summed E-state index contributed by atoms with van der Waals surface area (Å²) in [6.07, 6.45) is -0.993. The van der Waals surface area contributed by atoms with Gasteiger partial charge in [-0.15, -0.1) is 0 Å². The van der Waals surface area contributed by atoms with Crippen LogP contribution in [0.25, 0.3) is 0 Å². The number of nitrogens with zero attached hydrogens (tertiary/aromatic N) is 1. The van der Waals surface area contributed by atoms with Crippen molar-refractivity contribution in [3.63, 3.8) is 0 Å². The summed E-state index contributed by atoms with van der Waals surface area (Å²) in [6.45, 7) is 5.01. The summed E-state index contributed by atoms with van der Waals surface area (Å²) >= 11 is 0. The summed E-state index contributed by atoms with van der Waals surface area (Å²) in [7, 11) is 2.59. The van der Waals surface area contributed by atoms with E-state index >= 15 is 0 Å². The zero-order chi connectivity index (χ0) is 28.9. The molecule has 0 radical (unpaired) electrons. The highest BCUT2D eigenvalue weighted by molar-refractivity contribution is 6.02. The second kappa shape index (κ2) is 12.0. The Morgan fingerprint density at radius 1 is 0.974 bits per heavy atom. The Bertz CT molecular complexity index is 1380. The predicted octanol–water partition coefficient (Wildman–Crippen LogP) is 5.85. The number of rotatable bonds is 8. The third-order valence-corrected chi connectivity index (χ3v) is 5.47. The lowest BCUT2D eigenvalue weighted by atomic mass is 9.85. The van der Waals surface area contributed by atoms with Gasteiger partial charge in [0.1, 0.15) is 17.0 Å². The first-order chi connectivity index (χ1) is 18.3. The predicted molar refractivity (Wildman–Crippen MR) is 136 cm³/mol. The van der Waals surface area contributed by atoms with E-state index in [4.69, 9.17) is 14.2 Å². The number of methoxy groups -OCH3 is 2. The van der Waals surface area contributed by atoms with Gasteiger partial charge in [0.05, 0.1) is 25.8 Å². The maximum Gasteiger partial charge on any atom is 0.412 e. The molecule has 1 N–H and O–H groups in total. The van der Waals surface area contributed by atoms with Gasteiger partial charge in [-0.1, -0.05) is 12.1 Å². The summed E-state index contributed by atoms with van der Waals surface area (Å²) < 4.78 is 57.0. The van der Waals surface area contributed by atoms with E-state index in [2.05, 4.69) is 10.3 Å². The van der Waals surface area contributed by atoms with Crippen molar-refractivity contribution < 1.29 is 41.8 Å². The monoisotopic (exact) mass is 544 g/mol. The Kier molecular flexibility index (Phi) is 8.95. The maximum atomic E-state index is 14.1. The summed E-state index contributed by atoms with van der Waals surface area (Å²) in [4.78, 5) is 42.6. The second-order valence-electron chi connectivity index (χ2n) is 9.46. The fourth-order valence-corrected chi connectivity index (χ4v) is 3.75. The Morgan fingerprint density at radius 3 is 2.23 bits per heavy atom. The van der Waals surface area contributed by atoms with Crippen LogP contribution in [0.5, 0.6) is 5.75 Å². The molecule has 0 saturated carbocycles. The zero-order valence-electron chi connectivity index (χ0n) is 21.9. The zero-order valence-corrected chi connectivity index (χ0v) is 21.9. The van der Waals surface area contributed by atoms with Gasteiger partial charge in [-0.05, 0) is 56.7 Å². The van der Waals surface area contributed by atoms with Crippen molar-refractivity contribution in [1.29, 1.82) is 0 Å². The minimum absolute atomic E-state index is 0.0260. The first-order valence-corrected chi connectivity index (χ1v) is 11.7. The van der Waals surface area contributed by atoms with E-state index in [0.717, 1.165) is 0 Å². The van der Waals surface area contributed by atoms with Crippen LogP contribution in [0.4, 0.5) is 23.7 Å². The fourth-order valence-electron chi connectivity index (χ4n) is 3.75. The topological polar surface area (TPSA) is 104 Å². The standard InChI is InChI=1S/C28H27F3N2O6/c1-28(2,3)39-27(36)33-23-14-17(37-4)9-10-18(23)19(13-16-7-6-8-22(32-16)26(35)38-5)25(34)15-11-20(29)24(31)21(30)12-15/h6-12,14,19H,13H2,1-5H3,(H,33,36). The molecule has 0 fully saturated rings. The fraction of sp³-hybridized carbons (Fsp3) is 0.286. The maximum absolute atomic E-state index is 14.1. The third kappa shape index (κ3) is 7.34. The van der Waals surface area contributed by atoms with Crippen molar-refractivity contribution in [1.82, 2.24) is 4.98 Å². The molecule has 0 saturated heterocycles. The number of amides is 1. The molecule has 11 heteroatoms. The molecule has 2 aromatic carbocycles. The molecule has 39 heavy (non-hydrogen) atoms. The first-order valence-electron chi connectivity index (χ1n) is 11.7. The lowest BCUT2D eigenvalue weighted by Gasteiger charge is -2.23. The molecule has 0 spiro atoms. The number of nitrogens with one attached hydrogen (secondary N) is 1. The number of ketones is 1. The van der Waals surface area contributed by atoms with Crippen LogP contribution in [0.1, 0.15) is 58.8 Å². The number of carbonyl (C=O) groups excluding carboxylic acids is 3. The quantitative estimate of drug-likeness (QED) is 0.216. The number of ether oxygens (including phenoxy) is 3. The van der Waals surface area contributed by atoms with Gasteiger partial charge in [0.2, 0.25) is 0 Å². The minimum atomic E-state index is -1.72. The van der Waals surface area contributed by atoms with Crippen LogP contribution < -0.4 is 10.1 Å². The molecule has 206 valence electrons. The number of carbonyl (C=O) groups is 3. The summed E-state index contributed by atoms with van der Waals surface area (Å²) in [5, 5.41) is 2.59. The van der Waals surface area contributed by atoms with Crippen LogP contribution in [-0.2, 0) is 15.9 Å². The van der Waals surface area contributed by atoms with E-state index in [1.165, 1.54) is 44.6 Å². The van der Waals surface area contributed by atoms with Gasteiger partial charge in [0.15, 0.2) is 23.2 Å². The van der Waals surface area contributed by atoms with E-state index < -0.39 is 52.4 Å². The van der Waals surface area contributed by atoms with E-state index in [-0.39, 0.29) is 29.1 Å². The number of anilines is 1. The number of hydrogen-bond donors (Lipinski definition) is 1. The molecule has 1 unspecified atom stereocenters. The molecule has 0 aliphatic carbocycles. The van der Waals surface area contributed by atoms with Crippen LogP contribution in [0.3, 0.4) is 0 Å². The average molecular weight is 545 g/mol. The first kappa shape index (κ1) is 29.2. The van der Waals surface area contributed by atoms with Gasteiger partial charge in [0, 0.05) is 23.7 Å². The number of Topliss-reactive ketones (excluding diaryl/α,β-unsaturated/α-hetero) is 1. The molecule has 3 rings (SSSR count). The molecule has 8 nitrogen and oxygen atoms in total. The lowest BCUT2D eigenvalue weighted by Crippen LogP contribution is -2.28. The highest BCUT2D eigenvalue weighted by Gasteiger charge is 2.29. The average Bonchev–Trinajstić information content (AvgIpc) is 2.88. The van der Waals surface area contributed by atoms with Crippen molar-refractivity contribution in [3.05, 3.63) is 88.5 Å². The minimum Gasteiger partial charge on any atom is -0.497 e. The van der Waals surface area contributed by atoms with Gasteiger partial charge in [-0.25, -0.2) is 27.7 Å². The Labute approximate surface area is 223 Å². The second-order valence-corrected chi connectivity index (χ2v) is 9.46. The lowest BCUT2D eigenvalue weighted by molar-refractivity contribution is 0.0591. The Morgan fingerprint density at radius 2 is 1.64 bits per heavy atom. The van der Waals surface area contributed by atoms with Gasteiger partial charge >= 0.3 is 12.1 Å². The van der Waals surface area contributed by atoms with Gasteiger partial charge in [-0.3, -0.25) is 10.1 Å². The number of pyridine rings is 1. The number of halogens is 3. The van der Waals surface area contributed by atoms with Crippen molar-refractivity contribution in [2.24, 2.45) is 0 Å². The number of hydrogen-bond acceptors (Lipinski definition) is 7. The number of esters is 1. The normalized spacial score (nSPS) is 11.9. The number of aromatic nitrogens is 1. The summed E-state index contributed by atoms with van der Waals surface area (Å²) in [5.74, 6) is -7.16. The molecule has 1 aromatic heterocycles. The van der Waals surface area contributed by atoms with Crippen LogP contribution in [0, 0.1) is 17.5 Å². The highest BCUT2D eigenvalue weighted by Crippen LogP contribution is 2.34. The van der Waals surface area contributed by atoms with E-state index in [0.29, 0.717) is 17.9 Å². The van der Waals surface area contributed by atoms with Crippen LogP contribution >= 0.6 is 0 Å². The molecule has 1 atom stereocenters. The van der Waals surface area contributed by atoms with Crippen molar-refractivity contribution in [2.75, 3.05) is 19.5 Å². The van der Waals surface area contributed by atoms with Crippen LogP contribution in [-0.4, -0.2) is 42.7 Å². The SMILES string of the molecule is COC(=O)c1cccc(CC(C(=O)c2cc(F)c(F)c(F)c2)c2ccc(OC)cc2NC(=O)OC(C)(C)C)n1. The molecule has 0 aliphatic rings. The van der Waals surface area contributed by atoms with Crippen molar-refractivity contribution in [2.45, 2.75) is 38.7 Å². The largest absolute Gasteiger partial charge is 0.497 e. The van der Waals surface area contributed by atoms with Crippen molar-refractivity contribution >= 4 is 23.5 Å². The highest BCUT2D eigenvalue weighted by atomic mass is 19.2. The van der Waals surface area contributed by atoms with Gasteiger partial charge in [-0.2, -0.15) is 0 Å². The molecule has 3 aromatic rings. The van der Waals surface area contributed by atoms with Crippen molar-refractivity contribution in [3.8, 4) is 5.75 Å².